The van der Waals surface area contributed by atoms with Gasteiger partial charge in [-0.05, 0) is 20.8 Å². The summed E-state index contributed by atoms with van der Waals surface area (Å²) in [4.78, 5) is 21.9. The van der Waals surface area contributed by atoms with Crippen LogP contribution in [0.15, 0.2) is 0 Å². The van der Waals surface area contributed by atoms with Crippen molar-refractivity contribution >= 4 is 5.97 Å². The first-order valence-electron chi connectivity index (χ1n) is 11.2. The average Bonchev–Trinajstić information content (AvgIpc) is 2.68. The van der Waals surface area contributed by atoms with Crippen LogP contribution in [0.1, 0.15) is 27.2 Å². The number of nitrogens with zero attached hydrogens (tertiary/aromatic N) is 4. The Morgan fingerprint density at radius 3 is 1.66 bits per heavy atom. The molecule has 0 atom stereocenters. The Kier molecular flexibility index (Phi) is 10.8. The molecule has 2 N–H and O–H groups in total. The van der Waals surface area contributed by atoms with Gasteiger partial charge in [0.25, 0.3) is 0 Å². The monoisotopic (exact) mass is 413 g/mol. The van der Waals surface area contributed by atoms with Crippen LogP contribution in [0.25, 0.3) is 0 Å². The second-order valence-electron chi connectivity index (χ2n) is 9.10. The second-order valence-corrected chi connectivity index (χ2v) is 9.10. The van der Waals surface area contributed by atoms with Crippen molar-refractivity contribution < 1.29 is 14.3 Å². The number of carbonyl (C=O) groups excluding carboxylic acids is 1. The quantitative estimate of drug-likeness (QED) is 0.373. The van der Waals surface area contributed by atoms with E-state index in [1.165, 1.54) is 0 Å². The fourth-order valence-electron chi connectivity index (χ4n) is 3.78. The molecular weight excluding hydrogens is 370 g/mol. The number of piperazine rings is 2. The summed E-state index contributed by atoms with van der Waals surface area (Å²) in [7, 11) is 0. The average molecular weight is 414 g/mol. The van der Waals surface area contributed by atoms with Gasteiger partial charge in [0.15, 0.2) is 0 Å². The molecule has 2 heterocycles. The molecular formula is C21H43N5O3. The first-order valence-corrected chi connectivity index (χ1v) is 11.2. The van der Waals surface area contributed by atoms with Gasteiger partial charge in [-0.3, -0.25) is 19.5 Å². The highest BCUT2D eigenvalue weighted by atomic mass is 16.6. The number of rotatable bonds is 11. The van der Waals surface area contributed by atoms with Crippen LogP contribution in [-0.2, 0) is 14.3 Å². The standard InChI is InChI=1S/C21H43N5O3/c1-21(2,3)29-20(27)4-6-23-7-9-24(10-8-23)11-12-25-13-15-26(16-14-25)17-19-28-18-5-22/h4-19,22H2,1-3H3. The van der Waals surface area contributed by atoms with Crippen LogP contribution in [0.4, 0.5) is 0 Å². The van der Waals surface area contributed by atoms with Gasteiger partial charge in [-0.1, -0.05) is 0 Å². The predicted octanol–water partition coefficient (Wildman–Crippen LogP) is -0.0713. The molecule has 2 aliphatic heterocycles. The van der Waals surface area contributed by atoms with Gasteiger partial charge in [0.1, 0.15) is 5.60 Å². The first kappa shape index (κ1) is 24.5. The van der Waals surface area contributed by atoms with Gasteiger partial charge in [0.05, 0.1) is 19.6 Å². The van der Waals surface area contributed by atoms with Gasteiger partial charge in [0, 0.05) is 85.1 Å². The fraction of sp³-hybridized carbons (Fsp3) is 0.952. The van der Waals surface area contributed by atoms with E-state index in [0.29, 0.717) is 19.6 Å². The molecule has 8 nitrogen and oxygen atoms in total. The summed E-state index contributed by atoms with van der Waals surface area (Å²) in [6, 6.07) is 0. The van der Waals surface area contributed by atoms with Gasteiger partial charge in [0.2, 0.25) is 0 Å². The Labute approximate surface area is 177 Å². The van der Waals surface area contributed by atoms with E-state index in [1.54, 1.807) is 0 Å². The zero-order valence-corrected chi connectivity index (χ0v) is 18.9. The van der Waals surface area contributed by atoms with Crippen molar-refractivity contribution in [3.05, 3.63) is 0 Å². The predicted molar refractivity (Wildman–Crippen MR) is 116 cm³/mol. The third-order valence-corrected chi connectivity index (χ3v) is 5.53. The third-order valence-electron chi connectivity index (χ3n) is 5.53. The molecule has 0 aliphatic carbocycles. The zero-order chi connectivity index (χ0) is 21.1. The van der Waals surface area contributed by atoms with Gasteiger partial charge < -0.3 is 20.1 Å². The summed E-state index contributed by atoms with van der Waals surface area (Å²) < 4.78 is 10.9. The van der Waals surface area contributed by atoms with Crippen LogP contribution in [0.2, 0.25) is 0 Å². The number of nitrogens with two attached hydrogens (primary N) is 1. The lowest BCUT2D eigenvalue weighted by molar-refractivity contribution is -0.155. The van der Waals surface area contributed by atoms with E-state index in [-0.39, 0.29) is 11.6 Å². The molecule has 2 aliphatic rings. The summed E-state index contributed by atoms with van der Waals surface area (Å²) in [6.07, 6.45) is 0.485. The lowest BCUT2D eigenvalue weighted by Gasteiger charge is -2.38. The largest absolute Gasteiger partial charge is 0.460 e. The number of ether oxygens (including phenoxy) is 2. The Balaban J connectivity index is 1.50. The Bertz CT molecular complexity index is 456. The summed E-state index contributed by atoms with van der Waals surface area (Å²) >= 11 is 0. The molecule has 0 aromatic heterocycles. The van der Waals surface area contributed by atoms with Crippen molar-refractivity contribution in [1.29, 1.82) is 0 Å². The van der Waals surface area contributed by atoms with Gasteiger partial charge in [-0.25, -0.2) is 0 Å². The molecule has 2 rings (SSSR count). The van der Waals surface area contributed by atoms with Gasteiger partial charge >= 0.3 is 5.97 Å². The Morgan fingerprint density at radius 1 is 0.759 bits per heavy atom. The molecule has 8 heteroatoms. The summed E-state index contributed by atoms with van der Waals surface area (Å²) in [5.74, 6) is -0.0926. The lowest BCUT2D eigenvalue weighted by atomic mass is 10.2. The zero-order valence-electron chi connectivity index (χ0n) is 18.9. The van der Waals surface area contributed by atoms with Gasteiger partial charge in [-0.15, -0.1) is 0 Å². The number of carbonyl (C=O) groups is 1. The number of hydrogen-bond donors (Lipinski definition) is 1. The lowest BCUT2D eigenvalue weighted by Crippen LogP contribution is -2.51. The van der Waals surface area contributed by atoms with E-state index in [0.717, 1.165) is 85.1 Å². The number of esters is 1. The summed E-state index contributed by atoms with van der Waals surface area (Å²) in [5, 5.41) is 0. The highest BCUT2D eigenvalue weighted by Gasteiger charge is 2.21. The molecule has 2 saturated heterocycles. The van der Waals surface area contributed by atoms with Crippen LogP contribution >= 0.6 is 0 Å². The molecule has 0 unspecified atom stereocenters. The maximum absolute atomic E-state index is 11.9. The molecule has 170 valence electrons. The molecule has 2 fully saturated rings. The molecule has 0 saturated carbocycles. The van der Waals surface area contributed by atoms with E-state index >= 15 is 0 Å². The highest BCUT2D eigenvalue weighted by Crippen LogP contribution is 2.10. The van der Waals surface area contributed by atoms with E-state index < -0.39 is 0 Å². The van der Waals surface area contributed by atoms with E-state index in [2.05, 4.69) is 19.6 Å². The van der Waals surface area contributed by atoms with Crippen molar-refractivity contribution in [2.75, 3.05) is 98.3 Å². The molecule has 0 spiro atoms. The fourth-order valence-corrected chi connectivity index (χ4v) is 3.78. The Hall–Kier alpha value is -0.770. The molecule has 0 aromatic carbocycles. The van der Waals surface area contributed by atoms with Crippen molar-refractivity contribution in [2.24, 2.45) is 5.73 Å². The SMILES string of the molecule is CC(C)(C)OC(=O)CCN1CCN(CCN2CCN(CCOCCN)CC2)CC1. The van der Waals surface area contributed by atoms with Crippen molar-refractivity contribution in [3.63, 3.8) is 0 Å². The highest BCUT2D eigenvalue weighted by molar-refractivity contribution is 5.70. The van der Waals surface area contributed by atoms with E-state index in [9.17, 15) is 4.79 Å². The maximum atomic E-state index is 11.9. The van der Waals surface area contributed by atoms with Crippen LogP contribution < -0.4 is 5.73 Å². The smallest absolute Gasteiger partial charge is 0.307 e. The van der Waals surface area contributed by atoms with E-state index in [4.69, 9.17) is 15.2 Å². The molecule has 0 aromatic rings. The minimum atomic E-state index is -0.389. The molecule has 0 radical (unpaired) electrons. The molecule has 29 heavy (non-hydrogen) atoms. The topological polar surface area (TPSA) is 74.5 Å². The minimum Gasteiger partial charge on any atom is -0.460 e. The maximum Gasteiger partial charge on any atom is 0.307 e. The van der Waals surface area contributed by atoms with Crippen LogP contribution in [-0.4, -0.2) is 129 Å². The van der Waals surface area contributed by atoms with Crippen molar-refractivity contribution in [3.8, 4) is 0 Å². The van der Waals surface area contributed by atoms with Gasteiger partial charge in [-0.2, -0.15) is 0 Å². The van der Waals surface area contributed by atoms with Crippen LogP contribution in [0.3, 0.4) is 0 Å². The van der Waals surface area contributed by atoms with Crippen molar-refractivity contribution in [2.45, 2.75) is 32.8 Å². The third kappa shape index (κ3) is 10.7. The minimum absolute atomic E-state index is 0.0926. The molecule has 0 bridgehead atoms. The first-order chi connectivity index (χ1) is 13.9. The second kappa shape index (κ2) is 12.8. The van der Waals surface area contributed by atoms with Crippen LogP contribution in [0, 0.1) is 0 Å². The summed E-state index contributed by atoms with van der Waals surface area (Å²) in [5.41, 5.74) is 5.06. The number of hydrogen-bond acceptors (Lipinski definition) is 8. The normalized spacial score (nSPS) is 20.8. The van der Waals surface area contributed by atoms with E-state index in [1.807, 2.05) is 20.8 Å². The Morgan fingerprint density at radius 2 is 1.21 bits per heavy atom. The molecule has 0 amide bonds. The van der Waals surface area contributed by atoms with Crippen molar-refractivity contribution in [1.82, 2.24) is 19.6 Å². The van der Waals surface area contributed by atoms with Crippen LogP contribution in [0.5, 0.6) is 0 Å². The summed E-state index contributed by atoms with van der Waals surface area (Å²) in [6.45, 7) is 20.7.